The van der Waals surface area contributed by atoms with Crippen molar-refractivity contribution >= 4 is 40.6 Å². The second-order valence-electron chi connectivity index (χ2n) is 5.94. The maximum atomic E-state index is 12.9. The SMILES string of the molecule is O=C(CN1C(=O)S/C(=C\c2ccc(C(F)(F)F)cc2)C1=O)Nc1ccc(F)cc1. The van der Waals surface area contributed by atoms with Gasteiger partial charge >= 0.3 is 6.18 Å². The summed E-state index contributed by atoms with van der Waals surface area (Å²) in [6, 6.07) is 9.02. The average molecular weight is 424 g/mol. The molecule has 1 aliphatic rings. The third-order valence-corrected chi connectivity index (χ3v) is 4.75. The Kier molecular flexibility index (Phi) is 5.73. The fourth-order valence-corrected chi connectivity index (χ4v) is 3.27. The van der Waals surface area contributed by atoms with Gasteiger partial charge in [-0.05, 0) is 59.8 Å². The lowest BCUT2D eigenvalue weighted by Gasteiger charge is -2.12. The number of amides is 3. The molecule has 2 aromatic carbocycles. The molecule has 0 atom stereocenters. The summed E-state index contributed by atoms with van der Waals surface area (Å²) in [6.07, 6.45) is -3.20. The van der Waals surface area contributed by atoms with Gasteiger partial charge in [0, 0.05) is 5.69 Å². The summed E-state index contributed by atoms with van der Waals surface area (Å²) < 4.78 is 50.7. The van der Waals surface area contributed by atoms with Gasteiger partial charge in [0.25, 0.3) is 11.1 Å². The van der Waals surface area contributed by atoms with Crippen LogP contribution in [-0.4, -0.2) is 28.5 Å². The van der Waals surface area contributed by atoms with Crippen LogP contribution in [0, 0.1) is 5.82 Å². The predicted octanol–water partition coefficient (Wildman–Crippen LogP) is 4.52. The lowest BCUT2D eigenvalue weighted by molar-refractivity contribution is -0.137. The van der Waals surface area contributed by atoms with Gasteiger partial charge in [-0.3, -0.25) is 19.3 Å². The minimum Gasteiger partial charge on any atom is -0.325 e. The van der Waals surface area contributed by atoms with E-state index in [0.29, 0.717) is 23.0 Å². The van der Waals surface area contributed by atoms with Gasteiger partial charge in [0.15, 0.2) is 0 Å². The van der Waals surface area contributed by atoms with Crippen molar-refractivity contribution in [2.75, 3.05) is 11.9 Å². The first-order chi connectivity index (χ1) is 13.6. The zero-order valence-electron chi connectivity index (χ0n) is 14.5. The summed E-state index contributed by atoms with van der Waals surface area (Å²) in [5, 5.41) is 1.76. The van der Waals surface area contributed by atoms with E-state index in [0.717, 1.165) is 29.2 Å². The molecule has 0 bridgehead atoms. The maximum absolute atomic E-state index is 12.9. The van der Waals surface area contributed by atoms with E-state index in [9.17, 15) is 31.9 Å². The monoisotopic (exact) mass is 424 g/mol. The van der Waals surface area contributed by atoms with Crippen LogP contribution in [0.15, 0.2) is 53.4 Å². The smallest absolute Gasteiger partial charge is 0.325 e. The Labute approximate surface area is 166 Å². The van der Waals surface area contributed by atoms with Crippen molar-refractivity contribution in [2.24, 2.45) is 0 Å². The number of hydrogen-bond acceptors (Lipinski definition) is 4. The molecule has 3 rings (SSSR count). The second kappa shape index (κ2) is 8.08. The lowest BCUT2D eigenvalue weighted by atomic mass is 10.1. The molecule has 150 valence electrons. The molecule has 1 heterocycles. The van der Waals surface area contributed by atoms with Gasteiger partial charge in [-0.2, -0.15) is 13.2 Å². The molecule has 0 aromatic heterocycles. The highest BCUT2D eigenvalue weighted by atomic mass is 32.2. The lowest BCUT2D eigenvalue weighted by Crippen LogP contribution is -2.36. The number of rotatable bonds is 4. The first-order valence-corrected chi connectivity index (χ1v) is 8.93. The van der Waals surface area contributed by atoms with Gasteiger partial charge in [-0.25, -0.2) is 4.39 Å². The Morgan fingerprint density at radius 2 is 1.66 bits per heavy atom. The van der Waals surface area contributed by atoms with E-state index in [2.05, 4.69) is 5.32 Å². The fourth-order valence-electron chi connectivity index (χ4n) is 2.43. The molecule has 3 amide bonds. The van der Waals surface area contributed by atoms with E-state index in [4.69, 9.17) is 0 Å². The highest BCUT2D eigenvalue weighted by molar-refractivity contribution is 8.18. The minimum absolute atomic E-state index is 0.00987. The Bertz CT molecular complexity index is 986. The van der Waals surface area contributed by atoms with E-state index in [-0.39, 0.29) is 4.91 Å². The quantitative estimate of drug-likeness (QED) is 0.579. The summed E-state index contributed by atoms with van der Waals surface area (Å²) in [5.74, 6) is -1.87. The average Bonchev–Trinajstić information content (AvgIpc) is 2.91. The van der Waals surface area contributed by atoms with E-state index < -0.39 is 41.2 Å². The van der Waals surface area contributed by atoms with Crippen molar-refractivity contribution in [3.63, 3.8) is 0 Å². The van der Waals surface area contributed by atoms with Crippen LogP contribution in [-0.2, 0) is 15.8 Å². The van der Waals surface area contributed by atoms with Gasteiger partial charge in [-0.15, -0.1) is 0 Å². The summed E-state index contributed by atoms with van der Waals surface area (Å²) in [6.45, 7) is -0.549. The van der Waals surface area contributed by atoms with E-state index in [1.807, 2.05) is 0 Å². The summed E-state index contributed by atoms with van der Waals surface area (Å²) >= 11 is 0.583. The zero-order chi connectivity index (χ0) is 21.2. The molecule has 1 saturated heterocycles. The third-order valence-electron chi connectivity index (χ3n) is 3.84. The molecule has 0 unspecified atom stereocenters. The Morgan fingerprint density at radius 3 is 2.24 bits per heavy atom. The van der Waals surface area contributed by atoms with Crippen molar-refractivity contribution in [3.05, 3.63) is 70.4 Å². The topological polar surface area (TPSA) is 66.5 Å². The van der Waals surface area contributed by atoms with Crippen molar-refractivity contribution in [3.8, 4) is 0 Å². The number of benzene rings is 2. The van der Waals surface area contributed by atoms with Crippen LogP contribution < -0.4 is 5.32 Å². The third kappa shape index (κ3) is 5.02. The normalized spacial score (nSPS) is 15.9. The number of nitrogens with zero attached hydrogens (tertiary/aromatic N) is 1. The zero-order valence-corrected chi connectivity index (χ0v) is 15.3. The number of halogens is 4. The van der Waals surface area contributed by atoms with Crippen molar-refractivity contribution < 1.29 is 31.9 Å². The highest BCUT2D eigenvalue weighted by Gasteiger charge is 2.36. The minimum atomic E-state index is -4.48. The van der Waals surface area contributed by atoms with Crippen molar-refractivity contribution in [1.29, 1.82) is 0 Å². The van der Waals surface area contributed by atoms with Crippen LogP contribution in [0.2, 0.25) is 0 Å². The summed E-state index contributed by atoms with van der Waals surface area (Å²) in [7, 11) is 0. The highest BCUT2D eigenvalue weighted by Crippen LogP contribution is 2.33. The Hall–Kier alpha value is -3.14. The number of imide groups is 1. The molecule has 0 saturated carbocycles. The fraction of sp³-hybridized carbons (Fsp3) is 0.105. The van der Waals surface area contributed by atoms with Gasteiger partial charge in [-0.1, -0.05) is 12.1 Å². The number of alkyl halides is 3. The second-order valence-corrected chi connectivity index (χ2v) is 6.94. The van der Waals surface area contributed by atoms with E-state index >= 15 is 0 Å². The van der Waals surface area contributed by atoms with Gasteiger partial charge < -0.3 is 5.32 Å². The number of thioether (sulfide) groups is 1. The number of carbonyl (C=O) groups excluding carboxylic acids is 3. The van der Waals surface area contributed by atoms with E-state index in [1.165, 1.54) is 30.3 Å². The van der Waals surface area contributed by atoms with Crippen LogP contribution >= 0.6 is 11.8 Å². The first kappa shape index (κ1) is 20.6. The van der Waals surface area contributed by atoms with Crippen LogP contribution in [0.4, 0.5) is 28.0 Å². The number of anilines is 1. The Morgan fingerprint density at radius 1 is 1.03 bits per heavy atom. The van der Waals surface area contributed by atoms with Crippen LogP contribution in [0.3, 0.4) is 0 Å². The molecule has 1 aliphatic heterocycles. The van der Waals surface area contributed by atoms with Crippen LogP contribution in [0.25, 0.3) is 6.08 Å². The molecular formula is C19H12F4N2O3S. The largest absolute Gasteiger partial charge is 0.416 e. The molecule has 0 spiro atoms. The Balaban J connectivity index is 1.68. The molecule has 0 aliphatic carbocycles. The molecule has 2 aromatic rings. The predicted molar refractivity (Wildman–Crippen MR) is 99.2 cm³/mol. The van der Waals surface area contributed by atoms with Crippen molar-refractivity contribution in [2.45, 2.75) is 6.18 Å². The standard InChI is InChI=1S/C19H12F4N2O3S/c20-13-5-7-14(8-6-13)24-16(26)10-25-17(27)15(29-18(25)28)9-11-1-3-12(4-2-11)19(21,22)23/h1-9H,10H2,(H,24,26)/b15-9-. The molecule has 1 N–H and O–H groups in total. The number of carbonyl (C=O) groups is 3. The van der Waals surface area contributed by atoms with Gasteiger partial charge in [0.1, 0.15) is 12.4 Å². The first-order valence-electron chi connectivity index (χ1n) is 8.11. The van der Waals surface area contributed by atoms with Crippen LogP contribution in [0.5, 0.6) is 0 Å². The van der Waals surface area contributed by atoms with Gasteiger partial charge in [0.2, 0.25) is 5.91 Å². The molecule has 1 fully saturated rings. The molecule has 29 heavy (non-hydrogen) atoms. The summed E-state index contributed by atoms with van der Waals surface area (Å²) in [5.41, 5.74) is -0.233. The van der Waals surface area contributed by atoms with E-state index in [1.54, 1.807) is 0 Å². The molecule has 5 nitrogen and oxygen atoms in total. The van der Waals surface area contributed by atoms with Crippen LogP contribution in [0.1, 0.15) is 11.1 Å². The molecule has 10 heteroatoms. The van der Waals surface area contributed by atoms with Crippen molar-refractivity contribution in [1.82, 2.24) is 4.90 Å². The maximum Gasteiger partial charge on any atom is 0.416 e. The summed E-state index contributed by atoms with van der Waals surface area (Å²) in [4.78, 5) is 37.2. The number of nitrogens with one attached hydrogen (secondary N) is 1. The molecule has 0 radical (unpaired) electrons. The number of hydrogen-bond donors (Lipinski definition) is 1. The van der Waals surface area contributed by atoms with Gasteiger partial charge in [0.05, 0.1) is 10.5 Å². The molecular weight excluding hydrogens is 412 g/mol.